The van der Waals surface area contributed by atoms with Gasteiger partial charge in [-0.1, -0.05) is 60.3 Å². The zero-order valence-electron chi connectivity index (χ0n) is 18.1. The molecule has 4 aromatic rings. The molecule has 1 aliphatic heterocycles. The molecule has 0 saturated carbocycles. The number of para-hydroxylation sites is 1. The van der Waals surface area contributed by atoms with Gasteiger partial charge in [-0.2, -0.15) is 0 Å². The molecule has 32 heavy (non-hydrogen) atoms. The summed E-state index contributed by atoms with van der Waals surface area (Å²) in [5, 5.41) is 1.49. The minimum absolute atomic E-state index is 0.112. The van der Waals surface area contributed by atoms with Crippen LogP contribution in [0.15, 0.2) is 64.5 Å². The second-order valence-electron chi connectivity index (χ2n) is 8.46. The van der Waals surface area contributed by atoms with E-state index < -0.39 is 0 Å². The molecule has 0 unspecified atom stereocenters. The van der Waals surface area contributed by atoms with Crippen molar-refractivity contribution >= 4 is 39.6 Å². The lowest BCUT2D eigenvalue weighted by Gasteiger charge is -2.32. The average Bonchev–Trinajstić information content (AvgIpc) is 3.20. The van der Waals surface area contributed by atoms with Crippen LogP contribution in [-0.4, -0.2) is 44.2 Å². The van der Waals surface area contributed by atoms with Crippen LogP contribution in [0.2, 0.25) is 0 Å². The maximum Gasteiger partial charge on any atom is 0.278 e. The van der Waals surface area contributed by atoms with E-state index in [-0.39, 0.29) is 17.2 Å². The Hall–Kier alpha value is -3.06. The number of carbonyl (C=O) groups excluding carboxylic acids is 1. The second-order valence-corrected chi connectivity index (χ2v) is 9.40. The molecule has 0 atom stereocenters. The molecule has 1 aliphatic rings. The number of carbonyl (C=O) groups is 1. The molecule has 1 amide bonds. The van der Waals surface area contributed by atoms with Crippen LogP contribution in [0.5, 0.6) is 0 Å². The molecule has 6 nitrogen and oxygen atoms in total. The Bertz CT molecular complexity index is 1320. The predicted molar refractivity (Wildman–Crippen MR) is 129 cm³/mol. The molecule has 7 heteroatoms. The van der Waals surface area contributed by atoms with Gasteiger partial charge in [0.2, 0.25) is 5.91 Å². The summed E-state index contributed by atoms with van der Waals surface area (Å²) in [5.74, 6) is 1.03. The highest BCUT2D eigenvalue weighted by Gasteiger charge is 2.23. The summed E-state index contributed by atoms with van der Waals surface area (Å²) in [6.45, 7) is 1.59. The number of aromatic amines is 1. The van der Waals surface area contributed by atoms with Gasteiger partial charge in [0.1, 0.15) is 11.0 Å². The number of rotatable bonds is 5. The predicted octanol–water partition coefficient (Wildman–Crippen LogP) is 3.99. The number of H-pyrrole nitrogens is 1. The first kappa shape index (κ1) is 20.8. The van der Waals surface area contributed by atoms with Crippen LogP contribution >= 0.6 is 11.8 Å². The standard InChI is InChI=1S/C25H26N4O2S/c1-28-24(31)23-22(19-9-5-6-10-20(19)26-23)27-25(28)32-16-21(30)29-13-11-18(12-14-29)15-17-7-3-2-4-8-17/h2-10,18,26H,11-16H2,1H3. The van der Waals surface area contributed by atoms with Crippen molar-refractivity contribution in [2.75, 3.05) is 18.8 Å². The smallest absolute Gasteiger partial charge is 0.278 e. The van der Waals surface area contributed by atoms with E-state index in [1.807, 2.05) is 35.2 Å². The second kappa shape index (κ2) is 8.82. The minimum atomic E-state index is -0.122. The quantitative estimate of drug-likeness (QED) is 0.372. The van der Waals surface area contributed by atoms with Crippen molar-refractivity contribution in [3.05, 3.63) is 70.5 Å². The number of aromatic nitrogens is 3. The third-order valence-electron chi connectivity index (χ3n) is 6.35. The molecule has 0 bridgehead atoms. The van der Waals surface area contributed by atoms with Gasteiger partial charge in [-0.15, -0.1) is 0 Å². The fourth-order valence-corrected chi connectivity index (χ4v) is 5.37. The van der Waals surface area contributed by atoms with E-state index in [2.05, 4.69) is 29.2 Å². The van der Waals surface area contributed by atoms with E-state index in [0.717, 1.165) is 43.3 Å². The number of amides is 1. The van der Waals surface area contributed by atoms with Crippen molar-refractivity contribution in [3.8, 4) is 0 Å². The highest BCUT2D eigenvalue weighted by atomic mass is 32.2. The van der Waals surface area contributed by atoms with Crippen LogP contribution in [0.3, 0.4) is 0 Å². The maximum absolute atomic E-state index is 12.8. The van der Waals surface area contributed by atoms with E-state index in [1.54, 1.807) is 7.05 Å². The van der Waals surface area contributed by atoms with Gasteiger partial charge in [0, 0.05) is 31.0 Å². The molecular weight excluding hydrogens is 420 g/mol. The Kier molecular flexibility index (Phi) is 5.74. The molecule has 1 saturated heterocycles. The average molecular weight is 447 g/mol. The fourth-order valence-electron chi connectivity index (χ4n) is 4.50. The number of piperidine rings is 1. The molecule has 2 aromatic heterocycles. The molecule has 1 fully saturated rings. The third kappa shape index (κ3) is 4.05. The topological polar surface area (TPSA) is 71.0 Å². The largest absolute Gasteiger partial charge is 0.349 e. The molecule has 2 aromatic carbocycles. The highest BCUT2D eigenvalue weighted by Crippen LogP contribution is 2.26. The number of likely N-dealkylation sites (tertiary alicyclic amines) is 1. The van der Waals surface area contributed by atoms with Gasteiger partial charge in [0.25, 0.3) is 5.56 Å². The van der Waals surface area contributed by atoms with Gasteiger partial charge in [-0.25, -0.2) is 4.98 Å². The molecule has 0 radical (unpaired) electrons. The highest BCUT2D eigenvalue weighted by molar-refractivity contribution is 7.99. The van der Waals surface area contributed by atoms with E-state index in [1.165, 1.54) is 21.9 Å². The number of fused-ring (bicyclic) bond motifs is 3. The van der Waals surface area contributed by atoms with Gasteiger partial charge in [-0.3, -0.25) is 14.2 Å². The zero-order chi connectivity index (χ0) is 22.1. The van der Waals surface area contributed by atoms with Gasteiger partial charge in [-0.05, 0) is 36.8 Å². The van der Waals surface area contributed by atoms with Crippen LogP contribution in [0, 0.1) is 5.92 Å². The number of nitrogens with zero attached hydrogens (tertiary/aromatic N) is 3. The molecular formula is C25H26N4O2S. The summed E-state index contributed by atoms with van der Waals surface area (Å²) in [4.78, 5) is 35.5. The molecule has 0 aliphatic carbocycles. The van der Waals surface area contributed by atoms with Crippen molar-refractivity contribution in [2.24, 2.45) is 13.0 Å². The fraction of sp³-hybridized carbons (Fsp3) is 0.320. The van der Waals surface area contributed by atoms with E-state index in [4.69, 9.17) is 4.98 Å². The Balaban J connectivity index is 1.24. The monoisotopic (exact) mass is 446 g/mol. The van der Waals surface area contributed by atoms with E-state index in [0.29, 0.717) is 22.1 Å². The van der Waals surface area contributed by atoms with Crippen molar-refractivity contribution in [1.82, 2.24) is 19.4 Å². The molecule has 5 rings (SSSR count). The van der Waals surface area contributed by atoms with Crippen molar-refractivity contribution < 1.29 is 4.79 Å². The van der Waals surface area contributed by atoms with Crippen molar-refractivity contribution in [3.63, 3.8) is 0 Å². The van der Waals surface area contributed by atoms with E-state index >= 15 is 0 Å². The summed E-state index contributed by atoms with van der Waals surface area (Å²) in [7, 11) is 1.71. The summed E-state index contributed by atoms with van der Waals surface area (Å²) in [6.07, 6.45) is 3.14. The van der Waals surface area contributed by atoms with Crippen LogP contribution < -0.4 is 5.56 Å². The van der Waals surface area contributed by atoms with Crippen LogP contribution in [0.4, 0.5) is 0 Å². The Morgan fingerprint density at radius 2 is 1.81 bits per heavy atom. The number of hydrogen-bond donors (Lipinski definition) is 1. The first-order chi connectivity index (χ1) is 15.6. The molecule has 1 N–H and O–H groups in total. The summed E-state index contributed by atoms with van der Waals surface area (Å²) in [5.41, 5.74) is 3.31. The van der Waals surface area contributed by atoms with Gasteiger partial charge in [0.05, 0.1) is 5.75 Å². The Morgan fingerprint density at radius 3 is 2.59 bits per heavy atom. The lowest BCUT2D eigenvalue weighted by molar-refractivity contribution is -0.129. The van der Waals surface area contributed by atoms with Crippen molar-refractivity contribution in [2.45, 2.75) is 24.4 Å². The van der Waals surface area contributed by atoms with Crippen molar-refractivity contribution in [1.29, 1.82) is 0 Å². The zero-order valence-corrected chi connectivity index (χ0v) is 18.9. The number of nitrogens with one attached hydrogen (secondary N) is 1. The summed E-state index contributed by atoms with van der Waals surface area (Å²) in [6, 6.07) is 18.3. The first-order valence-electron chi connectivity index (χ1n) is 11.0. The number of hydrogen-bond acceptors (Lipinski definition) is 4. The maximum atomic E-state index is 12.8. The SMILES string of the molecule is Cn1c(SCC(=O)N2CCC(Cc3ccccc3)CC2)nc2c([nH]c3ccccc32)c1=O. The number of benzene rings is 2. The Morgan fingerprint density at radius 1 is 1.09 bits per heavy atom. The molecule has 0 spiro atoms. The summed E-state index contributed by atoms with van der Waals surface area (Å²) >= 11 is 1.34. The van der Waals surface area contributed by atoms with Gasteiger partial charge >= 0.3 is 0 Å². The van der Waals surface area contributed by atoms with Gasteiger partial charge < -0.3 is 9.88 Å². The summed E-state index contributed by atoms with van der Waals surface area (Å²) < 4.78 is 1.53. The van der Waals surface area contributed by atoms with Crippen LogP contribution in [0.25, 0.3) is 21.9 Å². The lowest BCUT2D eigenvalue weighted by atomic mass is 9.90. The normalized spacial score (nSPS) is 15.0. The van der Waals surface area contributed by atoms with Crippen LogP contribution in [-0.2, 0) is 18.3 Å². The molecule has 3 heterocycles. The minimum Gasteiger partial charge on any atom is -0.349 e. The lowest BCUT2D eigenvalue weighted by Crippen LogP contribution is -2.40. The third-order valence-corrected chi connectivity index (χ3v) is 7.37. The van der Waals surface area contributed by atoms with E-state index in [9.17, 15) is 9.59 Å². The molecule has 164 valence electrons. The Labute approximate surface area is 190 Å². The first-order valence-corrected chi connectivity index (χ1v) is 12.0. The van der Waals surface area contributed by atoms with Crippen LogP contribution in [0.1, 0.15) is 18.4 Å². The van der Waals surface area contributed by atoms with Gasteiger partial charge in [0.15, 0.2) is 5.16 Å². The number of thioether (sulfide) groups is 1.